The molecular weight excluding hydrogens is 338 g/mol. The van der Waals surface area contributed by atoms with Gasteiger partial charge in [-0.3, -0.25) is 14.9 Å². The molecule has 0 unspecified atom stereocenters. The highest BCUT2D eigenvalue weighted by atomic mass is 32.1. The van der Waals surface area contributed by atoms with Crippen LogP contribution in [0.15, 0.2) is 24.3 Å². The van der Waals surface area contributed by atoms with Gasteiger partial charge in [0.1, 0.15) is 11.1 Å². The quantitative estimate of drug-likeness (QED) is 0.666. The average molecular weight is 355 g/mol. The van der Waals surface area contributed by atoms with Crippen molar-refractivity contribution in [3.05, 3.63) is 55.9 Å². The fraction of sp³-hybridized carbons (Fsp3) is 0.333. The molecule has 1 heterocycles. The second kappa shape index (κ2) is 7.03. The Morgan fingerprint density at radius 3 is 2.96 bits per heavy atom. The number of benzene rings is 1. The molecule has 1 aliphatic carbocycles. The zero-order chi connectivity index (χ0) is 18.0. The number of nitro groups is 1. The number of thiophene rings is 1. The highest BCUT2D eigenvalue weighted by Crippen LogP contribution is 2.39. The summed E-state index contributed by atoms with van der Waals surface area (Å²) in [4.78, 5) is 24.1. The van der Waals surface area contributed by atoms with Crippen LogP contribution in [0.25, 0.3) is 0 Å². The van der Waals surface area contributed by atoms with Crippen LogP contribution < -0.4 is 5.32 Å². The molecule has 1 N–H and O–H groups in total. The number of para-hydroxylation sites is 1. The minimum atomic E-state index is -0.492. The Labute approximate surface area is 149 Å². The Bertz CT molecular complexity index is 882. The zero-order valence-electron chi connectivity index (χ0n) is 13.7. The topological polar surface area (TPSA) is 96.0 Å². The van der Waals surface area contributed by atoms with Crippen LogP contribution in [0.3, 0.4) is 0 Å². The third-order valence-electron chi connectivity index (χ3n) is 4.42. The van der Waals surface area contributed by atoms with E-state index in [1.807, 2.05) is 0 Å². The van der Waals surface area contributed by atoms with Crippen LogP contribution in [0.4, 0.5) is 10.7 Å². The summed E-state index contributed by atoms with van der Waals surface area (Å²) in [7, 11) is 0. The maximum atomic E-state index is 12.4. The normalized spacial score (nSPS) is 15.9. The van der Waals surface area contributed by atoms with Crippen molar-refractivity contribution in [2.75, 3.05) is 5.32 Å². The van der Waals surface area contributed by atoms with Crippen molar-refractivity contribution in [1.82, 2.24) is 0 Å². The Hall–Kier alpha value is -2.72. The Morgan fingerprint density at radius 1 is 1.48 bits per heavy atom. The van der Waals surface area contributed by atoms with Gasteiger partial charge in [-0.2, -0.15) is 5.26 Å². The predicted molar refractivity (Wildman–Crippen MR) is 95.7 cm³/mol. The van der Waals surface area contributed by atoms with Crippen LogP contribution in [-0.4, -0.2) is 10.8 Å². The Morgan fingerprint density at radius 2 is 2.24 bits per heavy atom. The molecule has 0 aliphatic heterocycles. The van der Waals surface area contributed by atoms with Crippen molar-refractivity contribution in [1.29, 1.82) is 5.26 Å². The van der Waals surface area contributed by atoms with Gasteiger partial charge in [-0.25, -0.2) is 0 Å². The molecule has 25 heavy (non-hydrogen) atoms. The summed E-state index contributed by atoms with van der Waals surface area (Å²) in [6, 6.07) is 8.40. The molecule has 1 amide bonds. The zero-order valence-corrected chi connectivity index (χ0v) is 14.6. The van der Waals surface area contributed by atoms with Gasteiger partial charge in [0.25, 0.3) is 5.69 Å². The lowest BCUT2D eigenvalue weighted by Gasteiger charge is -2.17. The molecular formula is C18H17N3O3S. The smallest absolute Gasteiger partial charge is 0.273 e. The molecule has 0 spiro atoms. The minimum absolute atomic E-state index is 0.0718. The molecule has 0 radical (unpaired) electrons. The van der Waals surface area contributed by atoms with Crippen LogP contribution >= 0.6 is 11.3 Å². The molecule has 0 fully saturated rings. The number of hydrogen-bond acceptors (Lipinski definition) is 5. The van der Waals surface area contributed by atoms with E-state index < -0.39 is 4.92 Å². The number of nitro benzene ring substituents is 1. The van der Waals surface area contributed by atoms with E-state index >= 15 is 0 Å². The first-order chi connectivity index (χ1) is 12.0. The maximum absolute atomic E-state index is 12.4. The van der Waals surface area contributed by atoms with E-state index in [9.17, 15) is 20.2 Å². The molecule has 6 nitrogen and oxygen atoms in total. The molecule has 0 saturated carbocycles. The summed E-state index contributed by atoms with van der Waals surface area (Å²) in [6.45, 7) is 2.18. The fourth-order valence-corrected chi connectivity index (χ4v) is 4.52. The molecule has 1 aromatic carbocycles. The molecule has 3 rings (SSSR count). The number of nitrogens with zero attached hydrogens (tertiary/aromatic N) is 2. The van der Waals surface area contributed by atoms with E-state index in [-0.39, 0.29) is 18.0 Å². The van der Waals surface area contributed by atoms with Gasteiger partial charge in [0.05, 0.1) is 16.9 Å². The molecule has 2 aromatic rings. The van der Waals surface area contributed by atoms with Gasteiger partial charge < -0.3 is 5.32 Å². The summed E-state index contributed by atoms with van der Waals surface area (Å²) in [6.07, 6.45) is 2.73. The number of anilines is 1. The second-order valence-corrected chi connectivity index (χ2v) is 7.38. The van der Waals surface area contributed by atoms with E-state index in [2.05, 4.69) is 18.3 Å². The number of carbonyl (C=O) groups is 1. The van der Waals surface area contributed by atoms with Crippen molar-refractivity contribution < 1.29 is 9.72 Å². The molecule has 0 saturated heterocycles. The average Bonchev–Trinajstić information content (AvgIpc) is 2.90. The molecule has 128 valence electrons. The first-order valence-electron chi connectivity index (χ1n) is 8.06. The summed E-state index contributed by atoms with van der Waals surface area (Å²) in [5, 5.41) is 23.9. The Balaban J connectivity index is 1.81. The summed E-state index contributed by atoms with van der Waals surface area (Å²) >= 11 is 1.45. The van der Waals surface area contributed by atoms with E-state index in [1.54, 1.807) is 18.2 Å². The number of carbonyl (C=O) groups excluding carboxylic acids is 1. The predicted octanol–water partition coefficient (Wildman–Crippen LogP) is 3.83. The fourth-order valence-electron chi connectivity index (χ4n) is 3.14. The lowest BCUT2D eigenvalue weighted by molar-refractivity contribution is -0.385. The number of rotatable bonds is 4. The summed E-state index contributed by atoms with van der Waals surface area (Å²) < 4.78 is 0. The van der Waals surface area contributed by atoms with Gasteiger partial charge in [0.15, 0.2) is 0 Å². The van der Waals surface area contributed by atoms with E-state index in [0.717, 1.165) is 29.7 Å². The Kier molecular flexibility index (Phi) is 4.81. The highest BCUT2D eigenvalue weighted by molar-refractivity contribution is 7.16. The molecule has 0 bridgehead atoms. The number of nitriles is 1. The van der Waals surface area contributed by atoms with Crippen LogP contribution in [0.2, 0.25) is 0 Å². The van der Waals surface area contributed by atoms with Crippen LogP contribution in [0, 0.1) is 27.4 Å². The maximum Gasteiger partial charge on any atom is 0.273 e. The third kappa shape index (κ3) is 3.54. The summed E-state index contributed by atoms with van der Waals surface area (Å²) in [5.41, 5.74) is 1.88. The second-order valence-electron chi connectivity index (χ2n) is 6.28. The van der Waals surface area contributed by atoms with E-state index in [0.29, 0.717) is 22.0 Å². The van der Waals surface area contributed by atoms with Crippen LogP contribution in [-0.2, 0) is 24.1 Å². The lowest BCUT2D eigenvalue weighted by atomic mass is 9.88. The minimum Gasteiger partial charge on any atom is -0.316 e. The number of hydrogen-bond donors (Lipinski definition) is 1. The molecule has 1 aliphatic rings. The van der Waals surface area contributed by atoms with Crippen LogP contribution in [0.1, 0.15) is 34.9 Å². The SMILES string of the molecule is C[C@H]1CCc2c(sc(NC(=O)Cc3ccccc3[N+](=O)[O-])c2C#N)C1. The van der Waals surface area contributed by atoms with Gasteiger partial charge in [-0.05, 0) is 30.7 Å². The van der Waals surface area contributed by atoms with Gasteiger partial charge in [0.2, 0.25) is 5.91 Å². The first kappa shape index (κ1) is 17.1. The summed E-state index contributed by atoms with van der Waals surface area (Å²) in [5.74, 6) is 0.227. The van der Waals surface area contributed by atoms with Gasteiger partial charge in [0, 0.05) is 16.5 Å². The van der Waals surface area contributed by atoms with Crippen molar-refractivity contribution in [2.45, 2.75) is 32.6 Å². The van der Waals surface area contributed by atoms with Gasteiger partial charge in [-0.15, -0.1) is 11.3 Å². The standard InChI is InChI=1S/C18H17N3O3S/c1-11-6-7-13-14(10-19)18(25-16(13)8-11)20-17(22)9-12-4-2-3-5-15(12)21(23)24/h2-5,11H,6-9H2,1H3,(H,20,22)/t11-/m0/s1. The van der Waals surface area contributed by atoms with Gasteiger partial charge >= 0.3 is 0 Å². The van der Waals surface area contributed by atoms with E-state index in [1.165, 1.54) is 17.4 Å². The molecule has 1 atom stereocenters. The lowest BCUT2D eigenvalue weighted by Crippen LogP contribution is -2.15. The van der Waals surface area contributed by atoms with Crippen LogP contribution in [0.5, 0.6) is 0 Å². The van der Waals surface area contributed by atoms with Gasteiger partial charge in [-0.1, -0.05) is 25.1 Å². The largest absolute Gasteiger partial charge is 0.316 e. The molecule has 1 aromatic heterocycles. The number of nitrogens with one attached hydrogen (secondary N) is 1. The third-order valence-corrected chi connectivity index (χ3v) is 5.59. The monoisotopic (exact) mass is 355 g/mol. The highest BCUT2D eigenvalue weighted by Gasteiger charge is 2.25. The first-order valence-corrected chi connectivity index (χ1v) is 8.88. The number of fused-ring (bicyclic) bond motifs is 1. The molecule has 7 heteroatoms. The van der Waals surface area contributed by atoms with Crippen molar-refractivity contribution >= 4 is 27.9 Å². The van der Waals surface area contributed by atoms with Crippen molar-refractivity contribution in [2.24, 2.45) is 5.92 Å². The van der Waals surface area contributed by atoms with E-state index in [4.69, 9.17) is 0 Å². The van der Waals surface area contributed by atoms with Crippen molar-refractivity contribution in [3.8, 4) is 6.07 Å². The number of amides is 1. The van der Waals surface area contributed by atoms with Crippen molar-refractivity contribution in [3.63, 3.8) is 0 Å².